The zero-order valence-corrected chi connectivity index (χ0v) is 21.5. The number of carbonyl (C=O) groups is 2. The third-order valence-electron chi connectivity index (χ3n) is 7.86. The summed E-state index contributed by atoms with van der Waals surface area (Å²) in [5.41, 5.74) is 9.71. The fraction of sp³-hybridized carbons (Fsp3) is 0.407. The van der Waals surface area contributed by atoms with Crippen molar-refractivity contribution in [2.24, 2.45) is 0 Å². The number of Topliss-reactive ketones (excluding diaryl/α,β-unsaturated/α-hetero) is 1. The molecule has 1 amide bonds. The van der Waals surface area contributed by atoms with Crippen LogP contribution in [0, 0.1) is 0 Å². The lowest BCUT2D eigenvalue weighted by molar-refractivity contribution is 0.0568. The molecule has 11 nitrogen and oxygen atoms in total. The van der Waals surface area contributed by atoms with Crippen molar-refractivity contribution in [2.75, 3.05) is 5.73 Å². The smallest absolute Gasteiger partial charge is 0.257 e. The second-order valence-corrected chi connectivity index (χ2v) is 10.9. The zero-order valence-electron chi connectivity index (χ0n) is 21.5. The van der Waals surface area contributed by atoms with E-state index in [1.54, 1.807) is 44.7 Å². The van der Waals surface area contributed by atoms with Crippen LogP contribution < -0.4 is 5.73 Å². The summed E-state index contributed by atoms with van der Waals surface area (Å²) >= 11 is 0. The predicted octanol–water partition coefficient (Wildman–Crippen LogP) is 3.08. The fourth-order valence-electron chi connectivity index (χ4n) is 6.06. The SMILES string of the molecule is CC(=O)c1c([C@H]2C[C@H]3CC[C@@H](C2)N3C(=O)c2cn[nH]c2)nc2c(-c3ccc(C(C)(C)O)nc3)cnn2c1N. The lowest BCUT2D eigenvalue weighted by Gasteiger charge is -2.39. The van der Waals surface area contributed by atoms with Gasteiger partial charge in [0.1, 0.15) is 11.4 Å². The van der Waals surface area contributed by atoms with Crippen LogP contribution in [0.4, 0.5) is 5.82 Å². The maximum absolute atomic E-state index is 13.2. The minimum atomic E-state index is -1.06. The van der Waals surface area contributed by atoms with Gasteiger partial charge in [-0.05, 0) is 52.5 Å². The Labute approximate surface area is 219 Å². The maximum atomic E-state index is 13.2. The minimum Gasteiger partial charge on any atom is -0.384 e. The molecule has 2 fully saturated rings. The summed E-state index contributed by atoms with van der Waals surface area (Å²) in [5, 5.41) is 21.4. The normalized spacial score (nSPS) is 21.3. The molecule has 4 N–H and O–H groups in total. The number of hydrogen-bond acceptors (Lipinski definition) is 8. The number of rotatable bonds is 5. The minimum absolute atomic E-state index is 0.0144. The summed E-state index contributed by atoms with van der Waals surface area (Å²) in [7, 11) is 0. The number of anilines is 1. The van der Waals surface area contributed by atoms with E-state index in [4.69, 9.17) is 10.7 Å². The quantitative estimate of drug-likeness (QED) is 0.343. The number of pyridine rings is 1. The number of nitrogens with one attached hydrogen (secondary N) is 1. The molecule has 0 aromatic carbocycles. The average Bonchev–Trinajstić information content (AvgIpc) is 3.61. The molecule has 2 saturated heterocycles. The Bertz CT molecular complexity index is 1520. The van der Waals surface area contributed by atoms with E-state index in [1.165, 1.54) is 11.4 Å². The van der Waals surface area contributed by atoms with Crippen molar-refractivity contribution in [3.05, 3.63) is 59.4 Å². The van der Waals surface area contributed by atoms with Crippen LogP contribution in [-0.2, 0) is 5.60 Å². The van der Waals surface area contributed by atoms with Crippen molar-refractivity contribution in [1.29, 1.82) is 0 Å². The van der Waals surface area contributed by atoms with E-state index in [0.717, 1.165) is 24.0 Å². The second kappa shape index (κ2) is 8.73. The van der Waals surface area contributed by atoms with E-state index < -0.39 is 5.60 Å². The summed E-state index contributed by atoms with van der Waals surface area (Å²) in [6.07, 6.45) is 9.76. The maximum Gasteiger partial charge on any atom is 0.257 e. The van der Waals surface area contributed by atoms with E-state index in [9.17, 15) is 14.7 Å². The Kier molecular flexibility index (Phi) is 5.56. The molecule has 3 atom stereocenters. The molecule has 11 heteroatoms. The number of aliphatic hydroxyl groups is 1. The standard InChI is InChI=1S/C27H30N8O3/c1-14(36)22-23(16-8-18-5-6-19(9-16)34(18)26(37)17-11-30-31-12-17)33-25-20(13-32-35(25)24(22)28)15-4-7-21(29-10-15)27(2,3)38/h4,7,10-13,16,18-19,38H,5-6,8-9,28H2,1-3H3,(H,30,31)/t16-,18+,19-. The molecule has 0 radical (unpaired) electrons. The van der Waals surface area contributed by atoms with Gasteiger partial charge in [0, 0.05) is 41.5 Å². The van der Waals surface area contributed by atoms with Gasteiger partial charge in [-0.25, -0.2) is 4.98 Å². The average molecular weight is 515 g/mol. The summed E-state index contributed by atoms with van der Waals surface area (Å²) < 4.78 is 1.51. The number of amides is 1. The van der Waals surface area contributed by atoms with Gasteiger partial charge in [0.15, 0.2) is 11.4 Å². The van der Waals surface area contributed by atoms with Crippen molar-refractivity contribution >= 4 is 23.2 Å². The van der Waals surface area contributed by atoms with E-state index in [1.807, 2.05) is 11.0 Å². The number of fused-ring (bicyclic) bond motifs is 3. The van der Waals surface area contributed by atoms with Gasteiger partial charge >= 0.3 is 0 Å². The lowest BCUT2D eigenvalue weighted by atomic mass is 9.85. The van der Waals surface area contributed by atoms with Crippen LogP contribution in [0.1, 0.15) is 84.5 Å². The van der Waals surface area contributed by atoms with E-state index in [-0.39, 0.29) is 35.5 Å². The highest BCUT2D eigenvalue weighted by Crippen LogP contribution is 2.45. The van der Waals surface area contributed by atoms with Gasteiger partial charge in [0.2, 0.25) is 0 Å². The van der Waals surface area contributed by atoms with Crippen molar-refractivity contribution in [3.8, 4) is 11.1 Å². The first-order valence-electron chi connectivity index (χ1n) is 12.8. The molecular weight excluding hydrogens is 484 g/mol. The van der Waals surface area contributed by atoms with Gasteiger partial charge < -0.3 is 15.7 Å². The Morgan fingerprint density at radius 2 is 1.87 bits per heavy atom. The van der Waals surface area contributed by atoms with Gasteiger partial charge in [-0.2, -0.15) is 14.7 Å². The highest BCUT2D eigenvalue weighted by Gasteiger charge is 2.45. The number of nitrogens with zero attached hydrogens (tertiary/aromatic N) is 6. The van der Waals surface area contributed by atoms with Crippen LogP contribution in [-0.4, -0.2) is 63.6 Å². The number of hydrogen-bond donors (Lipinski definition) is 3. The van der Waals surface area contributed by atoms with Gasteiger partial charge in [-0.15, -0.1) is 0 Å². The number of nitrogens with two attached hydrogens (primary N) is 1. The third-order valence-corrected chi connectivity index (χ3v) is 7.86. The molecule has 196 valence electrons. The number of nitrogen functional groups attached to an aromatic ring is 1. The first kappa shape index (κ1) is 24.2. The zero-order chi connectivity index (χ0) is 26.8. The van der Waals surface area contributed by atoms with E-state index in [2.05, 4.69) is 20.3 Å². The highest BCUT2D eigenvalue weighted by atomic mass is 16.3. The number of H-pyrrole nitrogens is 1. The molecule has 0 saturated carbocycles. The van der Waals surface area contributed by atoms with Crippen LogP contribution in [0.25, 0.3) is 16.8 Å². The summed E-state index contributed by atoms with van der Waals surface area (Å²) in [6.45, 7) is 4.87. The predicted molar refractivity (Wildman–Crippen MR) is 139 cm³/mol. The van der Waals surface area contributed by atoms with Crippen LogP contribution in [0.5, 0.6) is 0 Å². The second-order valence-electron chi connectivity index (χ2n) is 10.9. The van der Waals surface area contributed by atoms with Crippen LogP contribution in [0.3, 0.4) is 0 Å². The Morgan fingerprint density at radius 3 is 2.45 bits per heavy atom. The monoisotopic (exact) mass is 514 g/mol. The molecule has 0 unspecified atom stereocenters. The molecule has 2 bridgehead atoms. The summed E-state index contributed by atoms with van der Waals surface area (Å²) in [6, 6.07) is 3.76. The van der Waals surface area contributed by atoms with Gasteiger partial charge in [-0.3, -0.25) is 19.7 Å². The summed E-state index contributed by atoms with van der Waals surface area (Å²) in [5.74, 6) is 0.0588. The van der Waals surface area contributed by atoms with Gasteiger partial charge in [-0.1, -0.05) is 6.07 Å². The molecule has 38 heavy (non-hydrogen) atoms. The van der Waals surface area contributed by atoms with E-state index in [0.29, 0.717) is 41.0 Å². The van der Waals surface area contributed by atoms with Crippen molar-refractivity contribution in [3.63, 3.8) is 0 Å². The number of aromatic amines is 1. The molecule has 4 aromatic heterocycles. The molecule has 6 rings (SSSR count). The summed E-state index contributed by atoms with van der Waals surface area (Å²) in [4.78, 5) is 37.4. The Morgan fingerprint density at radius 1 is 1.13 bits per heavy atom. The number of aromatic nitrogens is 6. The molecule has 6 heterocycles. The van der Waals surface area contributed by atoms with Crippen LogP contribution in [0.15, 0.2) is 36.9 Å². The molecule has 2 aliphatic heterocycles. The molecule has 2 aliphatic rings. The Balaban J connectivity index is 1.39. The molecule has 0 spiro atoms. The van der Waals surface area contributed by atoms with E-state index >= 15 is 0 Å². The highest BCUT2D eigenvalue weighted by molar-refractivity contribution is 6.00. The number of piperidine rings is 1. The van der Waals surface area contributed by atoms with Gasteiger partial charge in [0.05, 0.1) is 34.9 Å². The van der Waals surface area contributed by atoms with Crippen LogP contribution >= 0.6 is 0 Å². The molecule has 4 aromatic rings. The molecular formula is C27H30N8O3. The van der Waals surface area contributed by atoms with Crippen LogP contribution in [0.2, 0.25) is 0 Å². The van der Waals surface area contributed by atoms with Crippen molar-refractivity contribution in [1.82, 2.24) is 34.7 Å². The van der Waals surface area contributed by atoms with Gasteiger partial charge in [0.25, 0.3) is 5.91 Å². The topological polar surface area (TPSA) is 155 Å². The third kappa shape index (κ3) is 3.85. The van der Waals surface area contributed by atoms with Crippen molar-refractivity contribution < 1.29 is 14.7 Å². The first-order valence-corrected chi connectivity index (χ1v) is 12.8. The molecule has 0 aliphatic carbocycles. The fourth-order valence-corrected chi connectivity index (χ4v) is 6.06. The lowest BCUT2D eigenvalue weighted by Crippen LogP contribution is -2.46. The first-order chi connectivity index (χ1) is 18.1. The van der Waals surface area contributed by atoms with Crippen molar-refractivity contribution in [2.45, 2.75) is 70.1 Å². The number of ketones is 1. The Hall–Kier alpha value is -4.12. The largest absolute Gasteiger partial charge is 0.384 e. The number of carbonyl (C=O) groups excluding carboxylic acids is 2.